The van der Waals surface area contributed by atoms with Crippen molar-refractivity contribution in [2.45, 2.75) is 71.1 Å². The number of aryl methyl sites for hydroxylation is 3. The number of aromatic nitrogens is 4. The van der Waals surface area contributed by atoms with Crippen LogP contribution in [0.1, 0.15) is 54.4 Å². The lowest BCUT2D eigenvalue weighted by molar-refractivity contribution is -0.137. The summed E-state index contributed by atoms with van der Waals surface area (Å²) >= 11 is 0. The van der Waals surface area contributed by atoms with Crippen molar-refractivity contribution in [1.29, 1.82) is 0 Å². The Balaban J connectivity index is 1.25. The van der Waals surface area contributed by atoms with Crippen LogP contribution >= 0.6 is 0 Å². The summed E-state index contributed by atoms with van der Waals surface area (Å²) in [6.45, 7) is 4.62. The van der Waals surface area contributed by atoms with E-state index >= 15 is 0 Å². The minimum Gasteiger partial charge on any atom is -0.361 e. The number of imidazole rings is 1. The van der Waals surface area contributed by atoms with E-state index in [-0.39, 0.29) is 68.7 Å². The molecular formula is C40H47N9O6. The van der Waals surface area contributed by atoms with Crippen molar-refractivity contribution in [3.63, 3.8) is 0 Å². The van der Waals surface area contributed by atoms with Gasteiger partial charge >= 0.3 is 0 Å². The molecule has 0 fully saturated rings. The number of aromatic amines is 1. The van der Waals surface area contributed by atoms with Crippen LogP contribution in [0.2, 0.25) is 0 Å². The van der Waals surface area contributed by atoms with E-state index in [2.05, 4.69) is 31.2 Å². The highest BCUT2D eigenvalue weighted by atomic mass is 16.2. The number of hydrogen-bond donors (Lipinski definition) is 5. The topological polar surface area (TPSA) is 192 Å². The van der Waals surface area contributed by atoms with Crippen molar-refractivity contribution in [3.8, 4) is 0 Å². The number of hydrogen-bond acceptors (Lipinski definition) is 7. The first-order chi connectivity index (χ1) is 26.6. The molecule has 5 N–H and O–H groups in total. The molecule has 2 atom stereocenters. The van der Waals surface area contributed by atoms with E-state index in [9.17, 15) is 28.8 Å². The zero-order valence-corrected chi connectivity index (χ0v) is 31.1. The smallest absolute Gasteiger partial charge is 0.251 e. The second kappa shape index (κ2) is 17.7. The van der Waals surface area contributed by atoms with Crippen molar-refractivity contribution in [1.82, 2.24) is 45.3 Å². The normalized spacial score (nSPS) is 18.3. The number of fused-ring (bicyclic) bond motifs is 2. The number of carbonyl (C=O) groups excluding carboxylic acids is 5. The molecule has 55 heavy (non-hydrogen) atoms. The van der Waals surface area contributed by atoms with E-state index in [4.69, 9.17) is 0 Å². The molecular weight excluding hydrogens is 702 g/mol. The van der Waals surface area contributed by atoms with Gasteiger partial charge in [-0.2, -0.15) is 0 Å². The Morgan fingerprint density at radius 3 is 2.47 bits per heavy atom. The van der Waals surface area contributed by atoms with Crippen molar-refractivity contribution in [2.24, 2.45) is 0 Å². The quantitative estimate of drug-likeness (QED) is 0.176. The van der Waals surface area contributed by atoms with Gasteiger partial charge in [-0.25, -0.2) is 4.98 Å². The number of para-hydroxylation sites is 1. The molecule has 6 rings (SSSR count). The standard InChI is InChI=1S/C40H47N9O6/c1-3-30-40(55)46-33(22-28-24-43-31-11-5-4-10-29(28)31)39(54)42-17-9-20-49-26(2)44-32-14-13-27(23-34(32)49)38(53)41-16-8-19-48(25-35(50)45-30)37(52)15-21-47-18-7-6-12-36(47)51/h4-7,10-14,18,23-24,30,33,43H,3,8-9,15-17,19-22,25H2,1-2H3,(H,41,53)(H,42,54)(H,45,50)(H,46,55)/t30-,33+/m0/s1. The third-order valence-electron chi connectivity index (χ3n) is 9.89. The van der Waals surface area contributed by atoms with E-state index < -0.39 is 23.9 Å². The van der Waals surface area contributed by atoms with Crippen LogP contribution in [0.25, 0.3) is 21.9 Å². The summed E-state index contributed by atoms with van der Waals surface area (Å²) in [6, 6.07) is 15.8. The molecule has 1 aliphatic heterocycles. The van der Waals surface area contributed by atoms with Gasteiger partial charge in [0.2, 0.25) is 23.6 Å². The van der Waals surface area contributed by atoms with Gasteiger partial charge in [0.05, 0.1) is 17.6 Å². The Hall–Kier alpha value is -6.25. The first-order valence-corrected chi connectivity index (χ1v) is 18.7. The van der Waals surface area contributed by atoms with Crippen LogP contribution in [-0.4, -0.2) is 91.8 Å². The Morgan fingerprint density at radius 1 is 0.873 bits per heavy atom. The molecule has 2 aromatic carbocycles. The predicted molar refractivity (Wildman–Crippen MR) is 207 cm³/mol. The average molecular weight is 750 g/mol. The van der Waals surface area contributed by atoms with E-state index in [1.807, 2.05) is 42.0 Å². The fraction of sp³-hybridized carbons (Fsp3) is 0.375. The number of rotatable bonds is 6. The molecule has 0 radical (unpaired) electrons. The van der Waals surface area contributed by atoms with Gasteiger partial charge in [-0.3, -0.25) is 28.8 Å². The number of nitrogens with one attached hydrogen (secondary N) is 5. The predicted octanol–water partition coefficient (Wildman–Crippen LogP) is 2.17. The lowest BCUT2D eigenvalue weighted by atomic mass is 10.0. The summed E-state index contributed by atoms with van der Waals surface area (Å²) in [5, 5.41) is 12.5. The SMILES string of the molecule is CC[C@@H]1NC(=O)CN(C(=O)CCn2ccccc2=O)CCCNC(=O)c2ccc3nc(C)n(c3c2)CCCNC(=O)[C@@H](Cc2c[nH]c3ccccc23)NC1=O. The zero-order valence-electron chi connectivity index (χ0n) is 31.1. The highest BCUT2D eigenvalue weighted by Crippen LogP contribution is 2.20. The van der Waals surface area contributed by atoms with Crippen LogP contribution in [0.5, 0.6) is 0 Å². The Labute approximate surface area is 317 Å². The molecule has 0 spiro atoms. The molecule has 3 aromatic heterocycles. The van der Waals surface area contributed by atoms with Crippen LogP contribution in [-0.2, 0) is 38.7 Å². The van der Waals surface area contributed by atoms with E-state index in [1.165, 1.54) is 15.5 Å². The molecule has 5 aromatic rings. The van der Waals surface area contributed by atoms with Crippen LogP contribution in [0.15, 0.2) is 77.9 Å². The minimum absolute atomic E-state index is 0.0427. The lowest BCUT2D eigenvalue weighted by Gasteiger charge is -2.25. The van der Waals surface area contributed by atoms with Gasteiger partial charge in [-0.1, -0.05) is 31.2 Å². The van der Waals surface area contributed by atoms with E-state index in [0.29, 0.717) is 31.5 Å². The van der Waals surface area contributed by atoms with Gasteiger partial charge in [0, 0.05) is 80.5 Å². The average Bonchev–Trinajstić information content (AvgIpc) is 3.74. The van der Waals surface area contributed by atoms with E-state index in [0.717, 1.165) is 33.3 Å². The fourth-order valence-electron chi connectivity index (χ4n) is 6.89. The Morgan fingerprint density at radius 2 is 1.65 bits per heavy atom. The molecule has 0 saturated carbocycles. The lowest BCUT2D eigenvalue weighted by Crippen LogP contribution is -2.55. The van der Waals surface area contributed by atoms with Gasteiger partial charge in [-0.05, 0) is 62.1 Å². The molecule has 15 heteroatoms. The van der Waals surface area contributed by atoms with Gasteiger partial charge in [0.1, 0.15) is 17.9 Å². The molecule has 15 nitrogen and oxygen atoms in total. The Kier molecular flexibility index (Phi) is 12.4. The zero-order chi connectivity index (χ0) is 38.9. The molecule has 0 aliphatic carbocycles. The third kappa shape index (κ3) is 9.47. The molecule has 288 valence electrons. The molecule has 2 bridgehead atoms. The van der Waals surface area contributed by atoms with Gasteiger partial charge < -0.3 is 40.3 Å². The van der Waals surface area contributed by atoms with Crippen molar-refractivity contribution in [2.75, 3.05) is 26.2 Å². The maximum atomic E-state index is 13.8. The number of carbonyl (C=O) groups is 5. The second-order valence-corrected chi connectivity index (χ2v) is 13.7. The molecule has 0 unspecified atom stereocenters. The summed E-state index contributed by atoms with van der Waals surface area (Å²) in [6.07, 6.45) is 4.72. The number of H-pyrrole nitrogens is 1. The Bertz CT molecular complexity index is 2260. The number of pyridine rings is 1. The van der Waals surface area contributed by atoms with Crippen molar-refractivity contribution in [3.05, 3.63) is 100 Å². The minimum atomic E-state index is -0.983. The van der Waals surface area contributed by atoms with Crippen LogP contribution in [0.4, 0.5) is 0 Å². The second-order valence-electron chi connectivity index (χ2n) is 13.7. The van der Waals surface area contributed by atoms with Crippen molar-refractivity contribution < 1.29 is 24.0 Å². The summed E-state index contributed by atoms with van der Waals surface area (Å²) in [7, 11) is 0. The highest BCUT2D eigenvalue weighted by Gasteiger charge is 2.28. The number of benzene rings is 2. The maximum Gasteiger partial charge on any atom is 0.251 e. The van der Waals surface area contributed by atoms with Crippen LogP contribution < -0.4 is 26.8 Å². The molecule has 1 aliphatic rings. The maximum absolute atomic E-state index is 13.8. The van der Waals surface area contributed by atoms with Crippen LogP contribution in [0, 0.1) is 6.92 Å². The summed E-state index contributed by atoms with van der Waals surface area (Å²) < 4.78 is 3.43. The van der Waals surface area contributed by atoms with Crippen LogP contribution in [0.3, 0.4) is 0 Å². The van der Waals surface area contributed by atoms with Gasteiger partial charge in [0.25, 0.3) is 11.5 Å². The fourth-order valence-corrected chi connectivity index (χ4v) is 6.89. The summed E-state index contributed by atoms with van der Waals surface area (Å²) in [4.78, 5) is 89.2. The molecule has 0 saturated heterocycles. The first kappa shape index (κ1) is 38.5. The summed E-state index contributed by atoms with van der Waals surface area (Å²) in [5.74, 6) is -1.35. The monoisotopic (exact) mass is 749 g/mol. The summed E-state index contributed by atoms with van der Waals surface area (Å²) in [5.41, 5.74) is 3.48. The molecule has 4 heterocycles. The van der Waals surface area contributed by atoms with E-state index in [1.54, 1.807) is 43.5 Å². The van der Waals surface area contributed by atoms with Crippen molar-refractivity contribution >= 4 is 51.5 Å². The highest BCUT2D eigenvalue weighted by molar-refractivity contribution is 5.97. The molecule has 5 amide bonds. The number of amides is 5. The largest absolute Gasteiger partial charge is 0.361 e. The first-order valence-electron chi connectivity index (χ1n) is 18.7. The number of nitrogens with zero attached hydrogens (tertiary/aromatic N) is 4. The third-order valence-corrected chi connectivity index (χ3v) is 9.89. The van der Waals surface area contributed by atoms with Gasteiger partial charge in [0.15, 0.2) is 0 Å². The van der Waals surface area contributed by atoms with Gasteiger partial charge in [-0.15, -0.1) is 0 Å².